The van der Waals surface area contributed by atoms with Gasteiger partial charge in [-0.2, -0.15) is 13.2 Å². The smallest absolute Gasteiger partial charge is 0.389 e. The Morgan fingerprint density at radius 2 is 1.88 bits per heavy atom. The summed E-state index contributed by atoms with van der Waals surface area (Å²) in [5.74, 6) is -0.366. The molecular weight excluding hydrogens is 221 g/mol. The first-order chi connectivity index (χ1) is 7.35. The van der Waals surface area contributed by atoms with Gasteiger partial charge in [-0.3, -0.25) is 4.79 Å². The van der Waals surface area contributed by atoms with Crippen LogP contribution in [0.3, 0.4) is 0 Å². The fourth-order valence-electron chi connectivity index (χ4n) is 1.52. The molecule has 0 aromatic carbocycles. The fraction of sp³-hybridized carbons (Fsp3) is 0.909. The average molecular weight is 240 g/mol. The molecule has 0 saturated carbocycles. The molecule has 0 rings (SSSR count). The van der Waals surface area contributed by atoms with Crippen molar-refractivity contribution in [1.29, 1.82) is 0 Å². The van der Waals surface area contributed by atoms with E-state index in [1.54, 1.807) is 0 Å². The Morgan fingerprint density at radius 3 is 2.31 bits per heavy atom. The fourth-order valence-corrected chi connectivity index (χ4v) is 1.52. The van der Waals surface area contributed by atoms with Crippen molar-refractivity contribution in [1.82, 2.24) is 0 Å². The Morgan fingerprint density at radius 1 is 1.25 bits per heavy atom. The zero-order chi connectivity index (χ0) is 12.6. The molecule has 0 fully saturated rings. The number of unbranched alkanes of at least 4 members (excludes halogenated alkanes) is 1. The quantitative estimate of drug-likeness (QED) is 0.499. The molecule has 0 aromatic rings. The molecule has 0 bridgehead atoms. The van der Waals surface area contributed by atoms with Gasteiger partial charge in [0.05, 0.1) is 0 Å². The van der Waals surface area contributed by atoms with Crippen molar-refractivity contribution in [2.75, 3.05) is 0 Å². The molecular formula is C11H19F3O2. The molecule has 0 N–H and O–H groups in total. The summed E-state index contributed by atoms with van der Waals surface area (Å²) >= 11 is 0. The van der Waals surface area contributed by atoms with Gasteiger partial charge < -0.3 is 4.74 Å². The van der Waals surface area contributed by atoms with Gasteiger partial charge in [0.15, 0.2) is 0 Å². The highest BCUT2D eigenvalue weighted by atomic mass is 19.4. The molecule has 0 aliphatic carbocycles. The topological polar surface area (TPSA) is 26.3 Å². The van der Waals surface area contributed by atoms with Crippen LogP contribution in [0.4, 0.5) is 13.2 Å². The molecule has 0 radical (unpaired) electrons. The Bertz CT molecular complexity index is 202. The van der Waals surface area contributed by atoms with Crippen molar-refractivity contribution in [2.24, 2.45) is 0 Å². The van der Waals surface area contributed by atoms with Crippen LogP contribution in [0.5, 0.6) is 0 Å². The summed E-state index contributed by atoms with van der Waals surface area (Å²) in [6, 6.07) is 0. The third-order valence-electron chi connectivity index (χ3n) is 2.18. The standard InChI is InChI=1S/C11H19F3O2/c1-3-6-10(16-9(2)15)7-4-5-8-11(12,13)14/h10H,3-8H2,1-2H3. The van der Waals surface area contributed by atoms with Gasteiger partial charge in [-0.1, -0.05) is 13.3 Å². The zero-order valence-corrected chi connectivity index (χ0v) is 9.77. The van der Waals surface area contributed by atoms with E-state index < -0.39 is 12.6 Å². The molecule has 0 aromatic heterocycles. The van der Waals surface area contributed by atoms with Crippen LogP contribution >= 0.6 is 0 Å². The monoisotopic (exact) mass is 240 g/mol. The highest BCUT2D eigenvalue weighted by Crippen LogP contribution is 2.23. The van der Waals surface area contributed by atoms with Gasteiger partial charge in [0.2, 0.25) is 0 Å². The van der Waals surface area contributed by atoms with Crippen LogP contribution in [0.25, 0.3) is 0 Å². The van der Waals surface area contributed by atoms with E-state index in [0.29, 0.717) is 19.3 Å². The van der Waals surface area contributed by atoms with Gasteiger partial charge in [-0.05, 0) is 25.7 Å². The van der Waals surface area contributed by atoms with E-state index in [0.717, 1.165) is 6.42 Å². The molecule has 1 atom stereocenters. The predicted octanol–water partition coefficient (Wildman–Crippen LogP) is 3.84. The van der Waals surface area contributed by atoms with Crippen LogP contribution in [0.15, 0.2) is 0 Å². The lowest BCUT2D eigenvalue weighted by Gasteiger charge is -2.16. The molecule has 0 amide bonds. The first-order valence-corrected chi connectivity index (χ1v) is 5.59. The van der Waals surface area contributed by atoms with Gasteiger partial charge in [0.1, 0.15) is 6.10 Å². The first kappa shape index (κ1) is 15.3. The van der Waals surface area contributed by atoms with Gasteiger partial charge in [0.25, 0.3) is 0 Å². The summed E-state index contributed by atoms with van der Waals surface area (Å²) in [5, 5.41) is 0. The maximum Gasteiger partial charge on any atom is 0.389 e. The van der Waals surface area contributed by atoms with Crippen molar-refractivity contribution in [3.8, 4) is 0 Å². The molecule has 0 saturated heterocycles. The number of esters is 1. The number of rotatable bonds is 7. The summed E-state index contributed by atoms with van der Waals surface area (Å²) < 4.78 is 40.6. The van der Waals surface area contributed by atoms with Gasteiger partial charge in [-0.25, -0.2) is 0 Å². The second kappa shape index (κ2) is 7.52. The van der Waals surface area contributed by atoms with Crippen molar-refractivity contribution < 1.29 is 22.7 Å². The molecule has 0 heterocycles. The molecule has 0 aliphatic heterocycles. The normalized spacial score (nSPS) is 13.6. The third-order valence-corrected chi connectivity index (χ3v) is 2.18. The lowest BCUT2D eigenvalue weighted by atomic mass is 10.1. The highest BCUT2D eigenvalue weighted by Gasteiger charge is 2.26. The van der Waals surface area contributed by atoms with E-state index in [2.05, 4.69) is 0 Å². The van der Waals surface area contributed by atoms with Crippen molar-refractivity contribution in [3.05, 3.63) is 0 Å². The van der Waals surface area contributed by atoms with Crippen LogP contribution in [-0.2, 0) is 9.53 Å². The molecule has 1 unspecified atom stereocenters. The van der Waals surface area contributed by atoms with E-state index in [-0.39, 0.29) is 18.5 Å². The Balaban J connectivity index is 3.71. The van der Waals surface area contributed by atoms with Gasteiger partial charge in [0, 0.05) is 13.3 Å². The van der Waals surface area contributed by atoms with Gasteiger partial charge in [-0.15, -0.1) is 0 Å². The second-order valence-electron chi connectivity index (χ2n) is 3.88. The Hall–Kier alpha value is -0.740. The summed E-state index contributed by atoms with van der Waals surface area (Å²) in [5.41, 5.74) is 0. The van der Waals surface area contributed by atoms with Crippen molar-refractivity contribution in [3.63, 3.8) is 0 Å². The minimum atomic E-state index is -4.08. The Labute approximate surface area is 94.2 Å². The number of carbonyl (C=O) groups excluding carboxylic acids is 1. The summed E-state index contributed by atoms with van der Waals surface area (Å²) in [6.45, 7) is 3.27. The molecule has 16 heavy (non-hydrogen) atoms. The number of carbonyl (C=O) groups is 1. The number of ether oxygens (including phenoxy) is 1. The van der Waals surface area contributed by atoms with E-state index in [1.807, 2.05) is 6.92 Å². The van der Waals surface area contributed by atoms with Crippen LogP contribution < -0.4 is 0 Å². The lowest BCUT2D eigenvalue weighted by molar-refractivity contribution is -0.148. The minimum Gasteiger partial charge on any atom is -0.463 e. The highest BCUT2D eigenvalue weighted by molar-refractivity contribution is 5.66. The predicted molar refractivity (Wildman–Crippen MR) is 55.0 cm³/mol. The van der Waals surface area contributed by atoms with Crippen LogP contribution in [0.2, 0.25) is 0 Å². The number of alkyl halides is 3. The maximum atomic E-state index is 11.9. The first-order valence-electron chi connectivity index (χ1n) is 5.59. The Kier molecular flexibility index (Phi) is 7.17. The van der Waals surface area contributed by atoms with Crippen molar-refractivity contribution >= 4 is 5.97 Å². The summed E-state index contributed by atoms with van der Waals surface area (Å²) in [7, 11) is 0. The largest absolute Gasteiger partial charge is 0.463 e. The van der Waals surface area contributed by atoms with Crippen LogP contribution in [0.1, 0.15) is 52.4 Å². The third kappa shape index (κ3) is 9.80. The second-order valence-corrected chi connectivity index (χ2v) is 3.88. The molecule has 5 heteroatoms. The molecule has 0 spiro atoms. The maximum absolute atomic E-state index is 11.9. The van der Waals surface area contributed by atoms with E-state index in [9.17, 15) is 18.0 Å². The van der Waals surface area contributed by atoms with E-state index in [4.69, 9.17) is 4.74 Å². The summed E-state index contributed by atoms with van der Waals surface area (Å²) in [4.78, 5) is 10.7. The molecule has 0 aliphatic rings. The lowest BCUT2D eigenvalue weighted by Crippen LogP contribution is -2.16. The SMILES string of the molecule is CCCC(CCCCC(F)(F)F)OC(C)=O. The number of halogens is 3. The van der Waals surface area contributed by atoms with E-state index in [1.165, 1.54) is 6.92 Å². The molecule has 96 valence electrons. The average Bonchev–Trinajstić information content (AvgIpc) is 2.10. The zero-order valence-electron chi connectivity index (χ0n) is 9.77. The van der Waals surface area contributed by atoms with E-state index >= 15 is 0 Å². The van der Waals surface area contributed by atoms with Gasteiger partial charge >= 0.3 is 12.1 Å². The van der Waals surface area contributed by atoms with Crippen LogP contribution in [0, 0.1) is 0 Å². The number of hydrogen-bond acceptors (Lipinski definition) is 2. The number of hydrogen-bond donors (Lipinski definition) is 0. The molecule has 2 nitrogen and oxygen atoms in total. The summed E-state index contributed by atoms with van der Waals surface area (Å²) in [6.07, 6.45) is -2.43. The van der Waals surface area contributed by atoms with Crippen molar-refractivity contribution in [2.45, 2.75) is 64.7 Å². The minimum absolute atomic E-state index is 0.102. The van der Waals surface area contributed by atoms with Crippen LogP contribution in [-0.4, -0.2) is 18.2 Å².